The van der Waals surface area contributed by atoms with Gasteiger partial charge in [0.1, 0.15) is 0 Å². The van der Waals surface area contributed by atoms with Gasteiger partial charge in [0.15, 0.2) is 0 Å². The van der Waals surface area contributed by atoms with Crippen LogP contribution in [0.25, 0.3) is 110 Å². The average molecular weight is 1290 g/mol. The third-order valence-corrected chi connectivity index (χ3v) is 19.2. The number of hydrogen-bond acceptors (Lipinski definition) is 0. The summed E-state index contributed by atoms with van der Waals surface area (Å²) in [5.74, 6) is 0. The molecule has 0 amide bonds. The summed E-state index contributed by atoms with van der Waals surface area (Å²) in [5.41, 5.74) is 31.8. The maximum Gasteiger partial charge on any atom is -0.0103 e. The molecule has 0 nitrogen and oxygen atoms in total. The van der Waals surface area contributed by atoms with Gasteiger partial charge in [0.05, 0.1) is 0 Å². The second-order valence-corrected chi connectivity index (χ2v) is 26.6. The molecular weight excluding hydrogens is 1200 g/mol. The molecule has 0 saturated carbocycles. The lowest BCUT2D eigenvalue weighted by Gasteiger charge is -2.11. The molecule has 0 unspecified atom stereocenters. The van der Waals surface area contributed by atoms with Crippen molar-refractivity contribution < 1.29 is 0 Å². The Bertz CT molecular complexity index is 5240. The first-order valence-corrected chi connectivity index (χ1v) is 35.1. The summed E-state index contributed by atoms with van der Waals surface area (Å²) in [6.07, 6.45) is 0. The molecule has 0 bridgehead atoms. The zero-order chi connectivity index (χ0) is 70.1. The average Bonchev–Trinajstić information content (AvgIpc) is 0.808. The van der Waals surface area contributed by atoms with Gasteiger partial charge in [-0.3, -0.25) is 0 Å². The molecular formula is C100H92. The second kappa shape index (κ2) is 33.2. The van der Waals surface area contributed by atoms with E-state index in [4.69, 9.17) is 0 Å². The van der Waals surface area contributed by atoms with Gasteiger partial charge in [0.25, 0.3) is 0 Å². The zero-order valence-electron chi connectivity index (χ0n) is 60.3. The summed E-state index contributed by atoms with van der Waals surface area (Å²) in [5, 5.41) is 10.7. The van der Waals surface area contributed by atoms with Gasteiger partial charge >= 0.3 is 0 Å². The SMILES string of the molecule is Cc1ccc(-c2ccccc2C)cc1.Cc1cccc(-c2ccc(C)c3ccccc23)c1.Cc1cccc(-c2cccc3c(C)cccc23)c1.Cc1ccccc1-c1ccc(C)c2ccccc12.Cc1ccccc1-c1cccc2c(C)cccc12.Cc1ccccc1-c1ccccc1C. The van der Waals surface area contributed by atoms with Gasteiger partial charge in [-0.2, -0.15) is 0 Å². The first-order valence-electron chi connectivity index (χ1n) is 35.1. The molecule has 0 heteroatoms. The van der Waals surface area contributed by atoms with Crippen molar-refractivity contribution in [2.45, 2.75) is 83.1 Å². The lowest BCUT2D eigenvalue weighted by atomic mass is 9.93. The highest BCUT2D eigenvalue weighted by Gasteiger charge is 2.11. The molecule has 0 aliphatic heterocycles. The Hall–Kier alpha value is -11.4. The summed E-state index contributed by atoms with van der Waals surface area (Å²) in [4.78, 5) is 0. The molecule has 492 valence electrons. The topological polar surface area (TPSA) is 0 Å². The molecule has 0 heterocycles. The Balaban J connectivity index is 0.000000121. The van der Waals surface area contributed by atoms with Crippen LogP contribution in [-0.4, -0.2) is 0 Å². The first-order chi connectivity index (χ1) is 48.6. The number of aryl methyl sites for hydroxylation is 12. The number of rotatable bonds is 6. The van der Waals surface area contributed by atoms with Crippen molar-refractivity contribution in [3.8, 4) is 66.8 Å². The van der Waals surface area contributed by atoms with Gasteiger partial charge in [-0.05, 0) is 243 Å². The van der Waals surface area contributed by atoms with Crippen molar-refractivity contribution in [1.82, 2.24) is 0 Å². The predicted octanol–water partition coefficient (Wildman–Crippen LogP) is 28.4. The van der Waals surface area contributed by atoms with E-state index in [9.17, 15) is 0 Å². The molecule has 100 heavy (non-hydrogen) atoms. The standard InChI is InChI=1S/4C18H16.2C14H14/c1-13-6-3-8-15(12-13)17-10-5-9-16-14(2)7-4-11-18(16)17;1-13-7-3-4-9-15(13)18-12-6-10-16-14(2)8-5-11-17(16)18;1-13-6-5-7-15(12-13)17-11-10-14(2)16-8-3-4-9-18(16)17;1-13-7-3-4-8-15(13)18-12-11-14(2)16-9-5-6-10-17(16)18;1-11-7-3-5-9-13(11)14-10-6-4-8-12(14)2;1-11-7-9-13(10-8-11)14-6-4-3-5-12(14)2/h4*3-12H,1-2H3;2*3-10H,1-2H3. The minimum Gasteiger partial charge on any atom is -0.0620 e. The minimum absolute atomic E-state index is 1.30. The molecule has 0 aromatic heterocycles. The van der Waals surface area contributed by atoms with E-state index in [1.165, 1.54) is 177 Å². The largest absolute Gasteiger partial charge is 0.0620 e. The molecule has 0 aliphatic carbocycles. The smallest absolute Gasteiger partial charge is 0.0103 e. The Morgan fingerprint density at radius 2 is 0.360 bits per heavy atom. The summed E-state index contributed by atoms with van der Waals surface area (Å²) in [6.45, 7) is 25.9. The Labute approximate surface area is 595 Å². The number of hydrogen-bond donors (Lipinski definition) is 0. The molecule has 0 saturated heterocycles. The van der Waals surface area contributed by atoms with Crippen molar-refractivity contribution in [3.63, 3.8) is 0 Å². The van der Waals surface area contributed by atoms with Gasteiger partial charge in [-0.1, -0.05) is 356 Å². The van der Waals surface area contributed by atoms with E-state index in [0.717, 1.165) is 0 Å². The van der Waals surface area contributed by atoms with Crippen LogP contribution in [0.4, 0.5) is 0 Å². The van der Waals surface area contributed by atoms with Crippen LogP contribution in [0, 0.1) is 83.1 Å². The fourth-order valence-corrected chi connectivity index (χ4v) is 13.6. The second-order valence-electron chi connectivity index (χ2n) is 26.6. The lowest BCUT2D eigenvalue weighted by molar-refractivity contribution is 1.41. The molecule has 0 aliphatic rings. The number of benzene rings is 16. The monoisotopic (exact) mass is 1290 g/mol. The van der Waals surface area contributed by atoms with Gasteiger partial charge in [-0.25, -0.2) is 0 Å². The third-order valence-electron chi connectivity index (χ3n) is 19.2. The zero-order valence-corrected chi connectivity index (χ0v) is 60.3. The highest BCUT2D eigenvalue weighted by molar-refractivity contribution is 6.02. The van der Waals surface area contributed by atoms with Crippen LogP contribution in [0.5, 0.6) is 0 Å². The molecule has 16 aromatic rings. The van der Waals surface area contributed by atoms with Crippen molar-refractivity contribution >= 4 is 43.1 Å². The first kappa shape index (κ1) is 69.9. The van der Waals surface area contributed by atoms with E-state index < -0.39 is 0 Å². The fraction of sp³-hybridized carbons (Fsp3) is 0.120. The van der Waals surface area contributed by atoms with E-state index in [1.807, 2.05) is 0 Å². The van der Waals surface area contributed by atoms with E-state index in [-0.39, 0.29) is 0 Å². The van der Waals surface area contributed by atoms with E-state index in [1.54, 1.807) is 0 Å². The van der Waals surface area contributed by atoms with Crippen molar-refractivity contribution in [2.75, 3.05) is 0 Å². The lowest BCUT2D eigenvalue weighted by Crippen LogP contribution is -1.86. The molecule has 0 radical (unpaired) electrons. The highest BCUT2D eigenvalue weighted by atomic mass is 14.2. The maximum absolute atomic E-state index is 2.25. The Morgan fingerprint density at radius 1 is 0.120 bits per heavy atom. The van der Waals surface area contributed by atoms with Crippen LogP contribution >= 0.6 is 0 Å². The summed E-state index contributed by atoms with van der Waals surface area (Å²) >= 11 is 0. The van der Waals surface area contributed by atoms with Crippen LogP contribution in [0.1, 0.15) is 66.8 Å². The van der Waals surface area contributed by atoms with Crippen LogP contribution in [0.3, 0.4) is 0 Å². The predicted molar refractivity (Wildman–Crippen MR) is 438 cm³/mol. The molecule has 16 aromatic carbocycles. The van der Waals surface area contributed by atoms with Crippen LogP contribution < -0.4 is 0 Å². The van der Waals surface area contributed by atoms with Crippen molar-refractivity contribution in [2.24, 2.45) is 0 Å². The van der Waals surface area contributed by atoms with E-state index >= 15 is 0 Å². The number of fused-ring (bicyclic) bond motifs is 4. The van der Waals surface area contributed by atoms with Crippen LogP contribution in [0.2, 0.25) is 0 Å². The molecule has 0 N–H and O–H groups in total. The van der Waals surface area contributed by atoms with Gasteiger partial charge in [-0.15, -0.1) is 0 Å². The van der Waals surface area contributed by atoms with Crippen molar-refractivity contribution in [3.05, 3.63) is 406 Å². The van der Waals surface area contributed by atoms with Gasteiger partial charge in [0.2, 0.25) is 0 Å². The fourth-order valence-electron chi connectivity index (χ4n) is 13.6. The molecule has 16 rings (SSSR count). The third kappa shape index (κ3) is 16.9. The summed E-state index contributed by atoms with van der Waals surface area (Å²) in [6, 6.07) is 121. The summed E-state index contributed by atoms with van der Waals surface area (Å²) in [7, 11) is 0. The minimum atomic E-state index is 1.30. The maximum atomic E-state index is 2.25. The molecule has 0 spiro atoms. The van der Waals surface area contributed by atoms with E-state index in [2.05, 4.69) is 423 Å². The highest BCUT2D eigenvalue weighted by Crippen LogP contribution is 2.36. The molecule has 0 atom stereocenters. The quantitative estimate of drug-likeness (QED) is 0.156. The van der Waals surface area contributed by atoms with Crippen LogP contribution in [0.15, 0.2) is 340 Å². The van der Waals surface area contributed by atoms with E-state index in [0.29, 0.717) is 0 Å². The normalized spacial score (nSPS) is 10.6. The summed E-state index contributed by atoms with van der Waals surface area (Å²) < 4.78 is 0. The van der Waals surface area contributed by atoms with Crippen molar-refractivity contribution in [1.29, 1.82) is 0 Å². The Kier molecular flexibility index (Phi) is 23.2. The van der Waals surface area contributed by atoms with Gasteiger partial charge in [0, 0.05) is 0 Å². The molecule has 0 fully saturated rings. The van der Waals surface area contributed by atoms with Gasteiger partial charge < -0.3 is 0 Å². The van der Waals surface area contributed by atoms with Crippen LogP contribution in [-0.2, 0) is 0 Å². The Morgan fingerprint density at radius 3 is 0.750 bits per heavy atom.